The molecule has 0 fully saturated rings. The van der Waals surface area contributed by atoms with Gasteiger partial charge in [-0.1, -0.05) is 54.6 Å². The van der Waals surface area contributed by atoms with Crippen molar-refractivity contribution in [3.05, 3.63) is 95.6 Å². The van der Waals surface area contributed by atoms with Gasteiger partial charge in [0.15, 0.2) is 0 Å². The van der Waals surface area contributed by atoms with Crippen LogP contribution in [0.5, 0.6) is 0 Å². The maximum absolute atomic E-state index is 12.7. The zero-order chi connectivity index (χ0) is 23.8. The summed E-state index contributed by atoms with van der Waals surface area (Å²) in [6.45, 7) is 3.78. The maximum Gasteiger partial charge on any atom is 0.241 e. The number of nitrogens with one attached hydrogen (secondary N) is 2. The molecule has 0 aliphatic rings. The molecule has 0 aliphatic carbocycles. The molecule has 1 amide bonds. The fraction of sp³-hybridized carbons (Fsp3) is 0.269. The number of carbonyl (C=O) groups excluding carboxylic acids is 1. The number of hydrogen-bond acceptors (Lipinski definition) is 4. The molecule has 7 heteroatoms. The Morgan fingerprint density at radius 3 is 2.06 bits per heavy atom. The normalized spacial score (nSPS) is 13.3. The van der Waals surface area contributed by atoms with Crippen LogP contribution >= 0.6 is 11.8 Å². The molecule has 3 rings (SSSR count). The van der Waals surface area contributed by atoms with Crippen LogP contribution in [0.3, 0.4) is 0 Å². The number of rotatable bonds is 10. The van der Waals surface area contributed by atoms with Crippen molar-refractivity contribution in [3.8, 4) is 0 Å². The second-order valence-electron chi connectivity index (χ2n) is 7.96. The first-order valence-electron chi connectivity index (χ1n) is 10.9. The number of amides is 1. The van der Waals surface area contributed by atoms with E-state index in [-0.39, 0.29) is 22.9 Å². The first kappa shape index (κ1) is 25.0. The summed E-state index contributed by atoms with van der Waals surface area (Å²) >= 11 is 1.68. The molecule has 33 heavy (non-hydrogen) atoms. The Bertz CT molecular complexity index is 1150. The first-order valence-corrected chi connectivity index (χ1v) is 13.6. The highest BCUT2D eigenvalue weighted by atomic mass is 32.2. The molecule has 2 atom stereocenters. The van der Waals surface area contributed by atoms with Gasteiger partial charge in [0.25, 0.3) is 0 Å². The lowest BCUT2D eigenvalue weighted by Crippen LogP contribution is -2.27. The third-order valence-corrected chi connectivity index (χ3v) is 7.80. The molecule has 3 aromatic carbocycles. The largest absolute Gasteiger partial charge is 0.350 e. The van der Waals surface area contributed by atoms with Gasteiger partial charge in [-0.3, -0.25) is 4.79 Å². The van der Waals surface area contributed by atoms with E-state index in [1.54, 1.807) is 36.0 Å². The third-order valence-electron chi connectivity index (χ3n) is 5.50. The fourth-order valence-electron chi connectivity index (χ4n) is 3.49. The zero-order valence-electron chi connectivity index (χ0n) is 19.1. The molecule has 2 unspecified atom stereocenters. The molecule has 0 bridgehead atoms. The summed E-state index contributed by atoms with van der Waals surface area (Å²) in [5.41, 5.74) is 2.88. The van der Waals surface area contributed by atoms with Crippen molar-refractivity contribution in [1.29, 1.82) is 0 Å². The minimum atomic E-state index is -3.64. The summed E-state index contributed by atoms with van der Waals surface area (Å²) in [5.74, 6) is -0.0357. The number of hydrogen-bond donors (Lipinski definition) is 2. The quantitative estimate of drug-likeness (QED) is 0.387. The molecular formula is C26H30N2O3S2. The van der Waals surface area contributed by atoms with E-state index in [1.807, 2.05) is 74.7 Å². The van der Waals surface area contributed by atoms with Crippen LogP contribution in [0.1, 0.15) is 49.0 Å². The Balaban J connectivity index is 1.52. The van der Waals surface area contributed by atoms with Gasteiger partial charge in [0.05, 0.1) is 10.9 Å². The second-order valence-corrected chi connectivity index (χ2v) is 10.6. The maximum atomic E-state index is 12.7. The van der Waals surface area contributed by atoms with Crippen LogP contribution in [0.4, 0.5) is 0 Å². The fourth-order valence-corrected chi connectivity index (χ4v) is 5.13. The van der Waals surface area contributed by atoms with Crippen molar-refractivity contribution in [1.82, 2.24) is 10.0 Å². The molecule has 174 valence electrons. The second kappa shape index (κ2) is 11.5. The van der Waals surface area contributed by atoms with Gasteiger partial charge in [0.1, 0.15) is 0 Å². The van der Waals surface area contributed by atoms with Gasteiger partial charge in [-0.15, -0.1) is 11.8 Å². The molecule has 0 heterocycles. The summed E-state index contributed by atoms with van der Waals surface area (Å²) in [4.78, 5) is 13.8. The number of carbonyl (C=O) groups is 1. The Morgan fingerprint density at radius 2 is 1.45 bits per heavy atom. The molecule has 0 radical (unpaired) electrons. The lowest BCUT2D eigenvalue weighted by Gasteiger charge is -2.15. The first-order chi connectivity index (χ1) is 15.8. The van der Waals surface area contributed by atoms with E-state index in [1.165, 1.54) is 4.90 Å². The van der Waals surface area contributed by atoms with Gasteiger partial charge in [0, 0.05) is 17.4 Å². The molecule has 2 N–H and O–H groups in total. The average Bonchev–Trinajstić information content (AvgIpc) is 2.83. The summed E-state index contributed by atoms with van der Waals surface area (Å²) in [6, 6.07) is 23.9. The van der Waals surface area contributed by atoms with E-state index >= 15 is 0 Å². The van der Waals surface area contributed by atoms with Crippen LogP contribution in [0, 0.1) is 0 Å². The third kappa shape index (κ3) is 7.19. The Labute approximate surface area is 201 Å². The topological polar surface area (TPSA) is 75.3 Å². The minimum absolute atomic E-state index is 0.0357. The van der Waals surface area contributed by atoms with E-state index in [2.05, 4.69) is 10.0 Å². The summed E-state index contributed by atoms with van der Waals surface area (Å²) < 4.78 is 28.1. The predicted octanol–water partition coefficient (Wildman–Crippen LogP) is 5.26. The minimum Gasteiger partial charge on any atom is -0.350 e. The van der Waals surface area contributed by atoms with Crippen molar-refractivity contribution < 1.29 is 13.2 Å². The summed E-state index contributed by atoms with van der Waals surface area (Å²) in [7, 11) is -3.64. The monoisotopic (exact) mass is 482 g/mol. The molecule has 0 aromatic heterocycles. The van der Waals surface area contributed by atoms with Crippen LogP contribution in [0.2, 0.25) is 0 Å². The summed E-state index contributed by atoms with van der Waals surface area (Å²) in [5, 5.41) is 3.03. The van der Waals surface area contributed by atoms with Crippen molar-refractivity contribution in [3.63, 3.8) is 0 Å². The Kier molecular flexibility index (Phi) is 8.72. The van der Waals surface area contributed by atoms with Gasteiger partial charge in [-0.25, -0.2) is 13.1 Å². The Morgan fingerprint density at radius 1 is 0.848 bits per heavy atom. The predicted molar refractivity (Wildman–Crippen MR) is 135 cm³/mol. The van der Waals surface area contributed by atoms with Gasteiger partial charge in [-0.2, -0.15) is 0 Å². The van der Waals surface area contributed by atoms with Crippen molar-refractivity contribution in [2.24, 2.45) is 0 Å². The number of aryl methyl sites for hydroxylation is 1. The van der Waals surface area contributed by atoms with E-state index in [9.17, 15) is 13.2 Å². The highest BCUT2D eigenvalue weighted by molar-refractivity contribution is 7.98. The lowest BCUT2D eigenvalue weighted by molar-refractivity contribution is -0.121. The molecular weight excluding hydrogens is 452 g/mol. The van der Waals surface area contributed by atoms with Crippen LogP contribution in [-0.2, 0) is 21.2 Å². The van der Waals surface area contributed by atoms with E-state index < -0.39 is 10.0 Å². The van der Waals surface area contributed by atoms with Gasteiger partial charge in [0.2, 0.25) is 15.9 Å². The number of benzene rings is 3. The van der Waals surface area contributed by atoms with Crippen molar-refractivity contribution >= 4 is 27.7 Å². The number of sulfonamides is 1. The zero-order valence-corrected chi connectivity index (χ0v) is 20.7. The smallest absolute Gasteiger partial charge is 0.241 e. The molecule has 5 nitrogen and oxygen atoms in total. The van der Waals surface area contributed by atoms with Crippen molar-refractivity contribution in [2.75, 3.05) is 6.26 Å². The van der Waals surface area contributed by atoms with Gasteiger partial charge < -0.3 is 5.32 Å². The molecule has 3 aromatic rings. The lowest BCUT2D eigenvalue weighted by atomic mass is 10.1. The van der Waals surface area contributed by atoms with Crippen molar-refractivity contribution in [2.45, 2.75) is 48.6 Å². The van der Waals surface area contributed by atoms with E-state index in [0.717, 1.165) is 16.7 Å². The summed E-state index contributed by atoms with van der Waals surface area (Å²) in [6.07, 6.45) is 2.91. The molecule has 0 saturated carbocycles. The number of thioether (sulfide) groups is 1. The van der Waals surface area contributed by atoms with Crippen LogP contribution in [0.15, 0.2) is 88.7 Å². The van der Waals surface area contributed by atoms with Crippen LogP contribution in [-0.4, -0.2) is 20.6 Å². The van der Waals surface area contributed by atoms with Crippen LogP contribution in [0.25, 0.3) is 0 Å². The van der Waals surface area contributed by atoms with E-state index in [0.29, 0.717) is 12.8 Å². The molecule has 0 saturated heterocycles. The standard InChI is InChI=1S/C26H30N2O3S2/c1-19(23-12-14-24(32-3)15-13-23)27-26(29)18-11-21-9-16-25(17-10-21)33(30,31)28-20(2)22-7-5-4-6-8-22/h4-10,12-17,19-20,28H,11,18H2,1-3H3,(H,27,29). The Hall–Kier alpha value is -2.61. The van der Waals surface area contributed by atoms with Crippen LogP contribution < -0.4 is 10.0 Å². The molecule has 0 aliphatic heterocycles. The average molecular weight is 483 g/mol. The van der Waals surface area contributed by atoms with E-state index in [4.69, 9.17) is 0 Å². The van der Waals surface area contributed by atoms with Gasteiger partial charge in [-0.05, 0) is 67.5 Å². The van der Waals surface area contributed by atoms with Gasteiger partial charge >= 0.3 is 0 Å². The molecule has 0 spiro atoms. The highest BCUT2D eigenvalue weighted by Crippen LogP contribution is 2.20. The highest BCUT2D eigenvalue weighted by Gasteiger charge is 2.18. The SMILES string of the molecule is CSc1ccc(C(C)NC(=O)CCc2ccc(S(=O)(=O)NC(C)c3ccccc3)cc2)cc1.